The van der Waals surface area contributed by atoms with Crippen molar-refractivity contribution in [2.24, 2.45) is 0 Å². The van der Waals surface area contributed by atoms with Crippen molar-refractivity contribution in [3.05, 3.63) is 29.6 Å². The van der Waals surface area contributed by atoms with Gasteiger partial charge in [0.25, 0.3) is 0 Å². The van der Waals surface area contributed by atoms with Gasteiger partial charge >= 0.3 is 12.3 Å². The van der Waals surface area contributed by atoms with E-state index in [1.54, 1.807) is 5.43 Å². The zero-order valence-corrected chi connectivity index (χ0v) is 7.60. The van der Waals surface area contributed by atoms with Crippen LogP contribution in [0, 0.1) is 5.82 Å². The summed E-state index contributed by atoms with van der Waals surface area (Å²) in [5, 5.41) is 8.18. The van der Waals surface area contributed by atoms with Crippen LogP contribution >= 0.6 is 0 Å². The smallest absolute Gasteiger partial charge is 0.423 e. The van der Waals surface area contributed by atoms with Crippen LogP contribution in [0.2, 0.25) is 0 Å². The Balaban J connectivity index is 2.94. The predicted molar refractivity (Wildman–Crippen MR) is 46.2 cm³/mol. The van der Waals surface area contributed by atoms with Crippen LogP contribution in [0.15, 0.2) is 18.2 Å². The molecule has 0 radical (unpaired) electrons. The highest BCUT2D eigenvalue weighted by Crippen LogP contribution is 2.31. The molecule has 0 aliphatic heterocycles. The van der Waals surface area contributed by atoms with Gasteiger partial charge in [0.2, 0.25) is 0 Å². The van der Waals surface area contributed by atoms with Crippen molar-refractivity contribution in [1.29, 1.82) is 0 Å². The first-order valence-corrected chi connectivity index (χ1v) is 3.92. The molecule has 0 aliphatic carbocycles. The fourth-order valence-electron chi connectivity index (χ4n) is 0.951. The van der Waals surface area contributed by atoms with Gasteiger partial charge in [-0.1, -0.05) is 0 Å². The molecule has 0 spiro atoms. The number of carbonyl (C=O) groups is 1. The maximum atomic E-state index is 12.8. The van der Waals surface area contributed by atoms with Crippen LogP contribution in [0.5, 0.6) is 0 Å². The Morgan fingerprint density at radius 3 is 2.38 bits per heavy atom. The molecule has 0 fully saturated rings. The number of amides is 1. The third kappa shape index (κ3) is 3.30. The molecule has 1 aromatic rings. The quantitative estimate of drug-likeness (QED) is 0.547. The first kappa shape index (κ1) is 12.1. The van der Waals surface area contributed by atoms with Crippen LogP contribution in [-0.4, -0.2) is 11.2 Å². The van der Waals surface area contributed by atoms with E-state index in [4.69, 9.17) is 5.11 Å². The minimum Gasteiger partial charge on any atom is -0.464 e. The third-order valence-corrected chi connectivity index (χ3v) is 1.54. The highest BCUT2D eigenvalue weighted by atomic mass is 19.4. The molecule has 0 bridgehead atoms. The second-order valence-corrected chi connectivity index (χ2v) is 2.78. The van der Waals surface area contributed by atoms with E-state index in [0.717, 1.165) is 6.07 Å². The second-order valence-electron chi connectivity index (χ2n) is 2.78. The van der Waals surface area contributed by atoms with Gasteiger partial charge in [0.05, 0.1) is 11.3 Å². The fourth-order valence-corrected chi connectivity index (χ4v) is 0.951. The lowest BCUT2D eigenvalue weighted by Crippen LogP contribution is -2.27. The minimum atomic E-state index is -4.69. The summed E-state index contributed by atoms with van der Waals surface area (Å²) in [4.78, 5) is 10.0. The topological polar surface area (TPSA) is 61.4 Å². The summed E-state index contributed by atoms with van der Waals surface area (Å²) in [5.41, 5.74) is 1.96. The molecule has 0 aromatic heterocycles. The zero-order chi connectivity index (χ0) is 12.3. The summed E-state index contributed by atoms with van der Waals surface area (Å²) in [6.45, 7) is 0. The number of anilines is 1. The molecule has 8 heteroatoms. The molecule has 1 rings (SSSR count). The van der Waals surface area contributed by atoms with E-state index < -0.39 is 23.7 Å². The first-order chi connectivity index (χ1) is 7.29. The van der Waals surface area contributed by atoms with Crippen molar-refractivity contribution in [2.75, 3.05) is 5.43 Å². The van der Waals surface area contributed by atoms with E-state index in [1.165, 1.54) is 0 Å². The summed E-state index contributed by atoms with van der Waals surface area (Å²) in [6.07, 6.45) is -6.19. The van der Waals surface area contributed by atoms with Crippen molar-refractivity contribution >= 4 is 11.8 Å². The molecule has 1 aromatic carbocycles. The summed E-state index contributed by atoms with van der Waals surface area (Å²) in [6, 6.07) is 1.62. The van der Waals surface area contributed by atoms with Crippen LogP contribution in [0.3, 0.4) is 0 Å². The summed E-state index contributed by atoms with van der Waals surface area (Å²) >= 11 is 0. The van der Waals surface area contributed by atoms with Crippen molar-refractivity contribution in [3.63, 3.8) is 0 Å². The Morgan fingerprint density at radius 2 is 1.88 bits per heavy atom. The Hall–Kier alpha value is -1.99. The lowest BCUT2D eigenvalue weighted by Gasteiger charge is -2.10. The molecule has 0 heterocycles. The molecule has 0 atom stereocenters. The van der Waals surface area contributed by atoms with E-state index in [1.807, 2.05) is 5.43 Å². The van der Waals surface area contributed by atoms with Gasteiger partial charge in [-0.2, -0.15) is 13.2 Å². The Morgan fingerprint density at radius 1 is 1.25 bits per heavy atom. The molecule has 1 amide bonds. The van der Waals surface area contributed by atoms with E-state index >= 15 is 0 Å². The van der Waals surface area contributed by atoms with Gasteiger partial charge in [0, 0.05) is 0 Å². The molecule has 0 aliphatic rings. The molecule has 88 valence electrons. The highest BCUT2D eigenvalue weighted by Gasteiger charge is 2.31. The van der Waals surface area contributed by atoms with Crippen LogP contribution in [0.4, 0.5) is 28.0 Å². The van der Waals surface area contributed by atoms with Crippen LogP contribution in [0.1, 0.15) is 5.56 Å². The average Bonchev–Trinajstić information content (AvgIpc) is 2.12. The molecule has 4 nitrogen and oxygen atoms in total. The lowest BCUT2D eigenvalue weighted by molar-refractivity contribution is -0.137. The van der Waals surface area contributed by atoms with E-state index in [2.05, 4.69) is 0 Å². The standard InChI is InChI=1S/C8H6F4N2O2/c9-5-1-4(8(10,11)12)2-6(3-5)13-14-7(15)16/h1-3,13-14H,(H,15,16). The zero-order valence-electron chi connectivity index (χ0n) is 7.60. The van der Waals surface area contributed by atoms with Gasteiger partial charge in [0.1, 0.15) is 5.82 Å². The highest BCUT2D eigenvalue weighted by molar-refractivity contribution is 5.67. The van der Waals surface area contributed by atoms with E-state index in [0.29, 0.717) is 12.1 Å². The molecule has 0 saturated heterocycles. The number of rotatable bonds is 2. The van der Waals surface area contributed by atoms with Crippen molar-refractivity contribution < 1.29 is 27.5 Å². The Bertz CT molecular complexity index is 406. The number of benzene rings is 1. The predicted octanol–water partition coefficient (Wildman–Crippen LogP) is 2.44. The van der Waals surface area contributed by atoms with Gasteiger partial charge in [-0.3, -0.25) is 5.43 Å². The minimum absolute atomic E-state index is 0.311. The molecular formula is C8H6F4N2O2. The largest absolute Gasteiger partial charge is 0.464 e. The van der Waals surface area contributed by atoms with Gasteiger partial charge in [0.15, 0.2) is 0 Å². The molecule has 0 saturated carbocycles. The van der Waals surface area contributed by atoms with Gasteiger partial charge in [-0.25, -0.2) is 14.6 Å². The number of hydrazine groups is 1. The van der Waals surface area contributed by atoms with Crippen LogP contribution in [-0.2, 0) is 6.18 Å². The van der Waals surface area contributed by atoms with Gasteiger partial charge in [-0.15, -0.1) is 0 Å². The number of alkyl halides is 3. The SMILES string of the molecule is O=C(O)NNc1cc(F)cc(C(F)(F)F)c1. The summed E-state index contributed by atoms with van der Waals surface area (Å²) in [5.74, 6) is -1.12. The maximum absolute atomic E-state index is 12.8. The number of hydrogen-bond donors (Lipinski definition) is 3. The van der Waals surface area contributed by atoms with Crippen LogP contribution in [0.25, 0.3) is 0 Å². The van der Waals surface area contributed by atoms with Gasteiger partial charge in [-0.05, 0) is 18.2 Å². The molecule has 16 heavy (non-hydrogen) atoms. The summed E-state index contributed by atoms with van der Waals surface area (Å²) in [7, 11) is 0. The number of halogens is 4. The number of nitrogens with one attached hydrogen (secondary N) is 2. The Labute approximate surface area is 86.8 Å². The van der Waals surface area contributed by atoms with E-state index in [-0.39, 0.29) is 5.69 Å². The fraction of sp³-hybridized carbons (Fsp3) is 0.125. The third-order valence-electron chi connectivity index (χ3n) is 1.54. The Kier molecular flexibility index (Phi) is 3.21. The van der Waals surface area contributed by atoms with Crippen molar-refractivity contribution in [1.82, 2.24) is 5.43 Å². The normalized spacial score (nSPS) is 11.0. The number of carboxylic acid groups (broad SMARTS) is 1. The van der Waals surface area contributed by atoms with Gasteiger partial charge < -0.3 is 5.11 Å². The first-order valence-electron chi connectivity index (χ1n) is 3.92. The van der Waals surface area contributed by atoms with Crippen molar-refractivity contribution in [2.45, 2.75) is 6.18 Å². The second kappa shape index (κ2) is 4.25. The monoisotopic (exact) mass is 238 g/mol. The van der Waals surface area contributed by atoms with Crippen molar-refractivity contribution in [3.8, 4) is 0 Å². The van der Waals surface area contributed by atoms with E-state index in [9.17, 15) is 22.4 Å². The maximum Gasteiger partial charge on any atom is 0.423 e. The molecule has 0 unspecified atom stereocenters. The van der Waals surface area contributed by atoms with Crippen LogP contribution < -0.4 is 10.9 Å². The number of hydrogen-bond acceptors (Lipinski definition) is 2. The molecule has 3 N–H and O–H groups in total. The lowest BCUT2D eigenvalue weighted by atomic mass is 10.2. The summed E-state index contributed by atoms with van der Waals surface area (Å²) < 4.78 is 49.4. The average molecular weight is 238 g/mol. The molecular weight excluding hydrogens is 232 g/mol.